The molecule has 0 saturated carbocycles. The molecule has 1 radical (unpaired) electrons. The minimum atomic E-state index is -1.06. The molecule has 0 spiro atoms. The molecule has 1 heterocycles. The van der Waals surface area contributed by atoms with Crippen molar-refractivity contribution in [1.82, 2.24) is 0 Å². The third kappa shape index (κ3) is 4.86. The van der Waals surface area contributed by atoms with Gasteiger partial charge in [-0.3, -0.25) is 9.89 Å². The van der Waals surface area contributed by atoms with E-state index in [1.54, 1.807) is 52.0 Å². The van der Waals surface area contributed by atoms with Crippen LogP contribution in [-0.4, -0.2) is 43.8 Å². The highest BCUT2D eigenvalue weighted by atomic mass is 19.1. The highest BCUT2D eigenvalue weighted by Crippen LogP contribution is 2.35. The Kier molecular flexibility index (Phi) is 7.41. The fourth-order valence-electron chi connectivity index (χ4n) is 2.00. The van der Waals surface area contributed by atoms with Gasteiger partial charge in [0.25, 0.3) is 0 Å². The number of aliphatic imine (C=N–C) groups is 1. The number of fused-ring (bicyclic) bond motifs is 1. The Hall–Kier alpha value is -1.86. The summed E-state index contributed by atoms with van der Waals surface area (Å²) in [5.41, 5.74) is -0.231. The zero-order valence-corrected chi connectivity index (χ0v) is 16.8. The second-order valence-electron chi connectivity index (χ2n) is 6.75. The van der Waals surface area contributed by atoms with Crippen LogP contribution in [0.4, 0.5) is 10.1 Å². The lowest BCUT2D eigenvalue weighted by atomic mass is 9.82. The van der Waals surface area contributed by atoms with Crippen LogP contribution >= 0.6 is 0 Å². The van der Waals surface area contributed by atoms with Gasteiger partial charge in [-0.2, -0.15) is 0 Å². The number of aliphatic hydroxyl groups is 1. The summed E-state index contributed by atoms with van der Waals surface area (Å²) in [5, 5.41) is 10.1. The van der Waals surface area contributed by atoms with E-state index in [2.05, 4.69) is 11.6 Å². The van der Waals surface area contributed by atoms with Crippen molar-refractivity contribution in [3.63, 3.8) is 0 Å². The molecule has 1 aliphatic heterocycles. The van der Waals surface area contributed by atoms with Crippen molar-refractivity contribution in [2.45, 2.75) is 52.7 Å². The fourth-order valence-corrected chi connectivity index (χ4v) is 2.00. The van der Waals surface area contributed by atoms with Gasteiger partial charge in [0.2, 0.25) is 0 Å². The average Bonchev–Trinajstić information content (AvgIpc) is 2.56. The monoisotopic (exact) mass is 363 g/mol. The second kappa shape index (κ2) is 8.69. The maximum atomic E-state index is 14.4. The van der Waals surface area contributed by atoms with E-state index < -0.39 is 17.0 Å². The predicted octanol–water partition coefficient (Wildman–Crippen LogP) is 3.03. The molecule has 0 atom stereocenters. The summed E-state index contributed by atoms with van der Waals surface area (Å²) in [5.74, 6) is -0.341. The molecule has 0 amide bonds. The van der Waals surface area contributed by atoms with Crippen LogP contribution < -0.4 is 15.1 Å². The summed E-state index contributed by atoms with van der Waals surface area (Å²) in [7, 11) is 3.06. The molecule has 7 heteroatoms. The van der Waals surface area contributed by atoms with Crippen molar-refractivity contribution in [3.05, 3.63) is 30.2 Å². The van der Waals surface area contributed by atoms with Crippen molar-refractivity contribution < 1.29 is 18.9 Å². The molecule has 1 aromatic rings. The van der Waals surface area contributed by atoms with E-state index >= 15 is 0 Å². The van der Waals surface area contributed by atoms with Crippen LogP contribution in [0.2, 0.25) is 0 Å². The maximum absolute atomic E-state index is 14.4. The molecule has 2 rings (SSSR count). The van der Waals surface area contributed by atoms with E-state index in [4.69, 9.17) is 9.39 Å². The number of ether oxygens (including phenoxy) is 1. The standard InChI is InChI=1S/C17H23BFN2O3.C2H6/c1-11-9-23-15-13(19)7-12(8-14(15)21(11)10-20-6)18-24-17(4,5)16(2,3)22;1-2/h7-8,10,22H,1,9H2,2-6H3;1-2H3. The molecule has 1 aliphatic rings. The highest BCUT2D eigenvalue weighted by molar-refractivity contribution is 6.47. The Morgan fingerprint density at radius 2 is 1.96 bits per heavy atom. The molecule has 1 aromatic carbocycles. The Labute approximate surface area is 156 Å². The predicted molar refractivity (Wildman–Crippen MR) is 106 cm³/mol. The quantitative estimate of drug-likeness (QED) is 0.496. The minimum absolute atomic E-state index is 0.154. The first kappa shape index (κ1) is 22.2. The molecular formula is C19H29BFN2O3. The SMILES string of the molecule is C=C1COc2c(F)cc([B]OC(C)(C)C(C)(C)O)cc2N1C=NC.CC. The van der Waals surface area contributed by atoms with Gasteiger partial charge >= 0.3 is 7.48 Å². The summed E-state index contributed by atoms with van der Waals surface area (Å²) < 4.78 is 25.5. The number of hydrogen-bond donors (Lipinski definition) is 1. The first-order valence-corrected chi connectivity index (χ1v) is 8.66. The molecular weight excluding hydrogens is 334 g/mol. The van der Waals surface area contributed by atoms with Crippen LogP contribution in [0.5, 0.6) is 5.75 Å². The van der Waals surface area contributed by atoms with Crippen molar-refractivity contribution in [3.8, 4) is 5.75 Å². The summed E-state index contributed by atoms with van der Waals surface area (Å²) in [6, 6.07) is 3.06. The van der Waals surface area contributed by atoms with Gasteiger partial charge in [-0.15, -0.1) is 0 Å². The number of rotatable bonds is 5. The maximum Gasteiger partial charge on any atom is 0.331 e. The van der Waals surface area contributed by atoms with Gasteiger partial charge in [-0.05, 0) is 45.3 Å². The molecule has 0 unspecified atom stereocenters. The average molecular weight is 363 g/mol. The summed E-state index contributed by atoms with van der Waals surface area (Å²) in [6.45, 7) is 14.9. The lowest BCUT2D eigenvalue weighted by Crippen LogP contribution is -2.49. The van der Waals surface area contributed by atoms with Gasteiger partial charge in [-0.25, -0.2) is 4.39 Å². The Morgan fingerprint density at radius 1 is 1.35 bits per heavy atom. The van der Waals surface area contributed by atoms with Crippen molar-refractivity contribution in [2.24, 2.45) is 4.99 Å². The van der Waals surface area contributed by atoms with Crippen LogP contribution in [0, 0.1) is 5.82 Å². The number of nitrogens with zero attached hydrogens (tertiary/aromatic N) is 2. The first-order chi connectivity index (χ1) is 12.1. The summed E-state index contributed by atoms with van der Waals surface area (Å²) in [6.07, 6.45) is 1.56. The van der Waals surface area contributed by atoms with Gasteiger partial charge in [-0.1, -0.05) is 20.4 Å². The van der Waals surface area contributed by atoms with Gasteiger partial charge in [0.15, 0.2) is 11.6 Å². The zero-order chi connectivity index (χ0) is 20.1. The molecule has 0 saturated heterocycles. The third-order valence-electron chi connectivity index (χ3n) is 4.22. The molecule has 0 fully saturated rings. The zero-order valence-electron chi connectivity index (χ0n) is 16.8. The molecule has 26 heavy (non-hydrogen) atoms. The minimum Gasteiger partial charge on any atom is -0.482 e. The first-order valence-electron chi connectivity index (χ1n) is 8.66. The van der Waals surface area contributed by atoms with Gasteiger partial charge in [0, 0.05) is 7.05 Å². The molecule has 0 aromatic heterocycles. The van der Waals surface area contributed by atoms with E-state index in [0.717, 1.165) is 0 Å². The van der Waals surface area contributed by atoms with Crippen molar-refractivity contribution in [1.29, 1.82) is 0 Å². The Morgan fingerprint density at radius 3 is 2.50 bits per heavy atom. The van der Waals surface area contributed by atoms with Crippen molar-refractivity contribution in [2.75, 3.05) is 18.6 Å². The molecule has 1 N–H and O–H groups in total. The number of anilines is 1. The Balaban J connectivity index is 0.00000163. The van der Waals surface area contributed by atoms with Crippen LogP contribution in [0.1, 0.15) is 41.5 Å². The molecule has 0 bridgehead atoms. The highest BCUT2D eigenvalue weighted by Gasteiger charge is 2.36. The van der Waals surface area contributed by atoms with Crippen molar-refractivity contribution >= 4 is 25.0 Å². The number of hydrogen-bond acceptors (Lipinski definition) is 4. The van der Waals surface area contributed by atoms with Gasteiger partial charge in [0.1, 0.15) is 6.61 Å². The normalized spacial score (nSPS) is 14.5. The summed E-state index contributed by atoms with van der Waals surface area (Å²) >= 11 is 0. The van der Waals surface area contributed by atoms with Gasteiger partial charge in [0.05, 0.1) is 28.9 Å². The number of halogens is 1. The molecule has 143 valence electrons. The molecule has 5 nitrogen and oxygen atoms in total. The molecule has 0 aliphatic carbocycles. The topological polar surface area (TPSA) is 54.3 Å². The third-order valence-corrected chi connectivity index (χ3v) is 4.22. The van der Waals surface area contributed by atoms with E-state index in [1.165, 1.54) is 13.5 Å². The largest absolute Gasteiger partial charge is 0.482 e. The van der Waals surface area contributed by atoms with Crippen LogP contribution in [0.25, 0.3) is 0 Å². The fraction of sp³-hybridized carbons (Fsp3) is 0.526. The lowest BCUT2D eigenvalue weighted by Gasteiger charge is -2.37. The van der Waals surface area contributed by atoms with Crippen LogP contribution in [0.15, 0.2) is 29.4 Å². The smallest absolute Gasteiger partial charge is 0.331 e. The van der Waals surface area contributed by atoms with E-state index in [0.29, 0.717) is 16.8 Å². The lowest BCUT2D eigenvalue weighted by molar-refractivity contribution is -0.0893. The number of benzene rings is 1. The van der Waals surface area contributed by atoms with Crippen LogP contribution in [-0.2, 0) is 4.65 Å². The van der Waals surface area contributed by atoms with Gasteiger partial charge < -0.3 is 14.5 Å². The van der Waals surface area contributed by atoms with E-state index in [-0.39, 0.29) is 12.4 Å². The Bertz CT molecular complexity index is 669. The van der Waals surface area contributed by atoms with E-state index in [9.17, 15) is 9.50 Å². The summed E-state index contributed by atoms with van der Waals surface area (Å²) in [4.78, 5) is 5.65. The van der Waals surface area contributed by atoms with Crippen LogP contribution in [0.3, 0.4) is 0 Å². The van der Waals surface area contributed by atoms with E-state index in [1.807, 2.05) is 13.8 Å². The second-order valence-corrected chi connectivity index (χ2v) is 6.75.